The minimum absolute atomic E-state index is 0.0886. The van der Waals surface area contributed by atoms with Crippen LogP contribution >= 0.6 is 27.7 Å². The molecule has 1 aromatic heterocycles. The molecule has 9 heteroatoms. The van der Waals surface area contributed by atoms with Gasteiger partial charge in [-0.05, 0) is 12.1 Å². The third-order valence-electron chi connectivity index (χ3n) is 3.77. The smallest absolute Gasteiger partial charge is 0.316 e. The van der Waals surface area contributed by atoms with Gasteiger partial charge in [0, 0.05) is 22.2 Å². The van der Waals surface area contributed by atoms with Crippen LogP contribution in [0.15, 0.2) is 31.1 Å². The Balaban J connectivity index is 2.17. The maximum Gasteiger partial charge on any atom is 0.317 e. The fraction of sp³-hybridized carbons (Fsp3) is 0.357. The molecule has 0 fully saturated rings. The molecule has 1 aromatic carbocycles. The number of H-pyrrole nitrogens is 1. The molecule has 1 atom stereocenters. The molecule has 2 heterocycles. The Hall–Kier alpha value is -1.58. The van der Waals surface area contributed by atoms with E-state index in [1.165, 1.54) is 18.7 Å². The second kappa shape index (κ2) is 6.14. The van der Waals surface area contributed by atoms with E-state index in [2.05, 4.69) is 20.9 Å². The van der Waals surface area contributed by atoms with Crippen LogP contribution in [0.3, 0.4) is 0 Å². The predicted molar refractivity (Wildman–Crippen MR) is 90.7 cm³/mol. The summed E-state index contributed by atoms with van der Waals surface area (Å²) in [6.07, 6.45) is 0.0886. The summed E-state index contributed by atoms with van der Waals surface area (Å²) in [5.41, 5.74) is -0.0964. The Morgan fingerprint density at radius 1 is 1.52 bits per heavy atom. The first-order valence-corrected chi connectivity index (χ1v) is 8.61. The molecular weight excluding hydrogens is 386 g/mol. The molecule has 1 aliphatic heterocycles. The van der Waals surface area contributed by atoms with Crippen molar-refractivity contribution in [1.29, 1.82) is 0 Å². The zero-order valence-electron chi connectivity index (χ0n) is 12.5. The first kappa shape index (κ1) is 16.3. The molecule has 0 saturated heterocycles. The molecule has 0 radical (unpaired) electrons. The molecule has 0 saturated carbocycles. The van der Waals surface area contributed by atoms with Crippen molar-refractivity contribution < 1.29 is 9.63 Å². The van der Waals surface area contributed by atoms with Crippen molar-refractivity contribution in [2.45, 2.75) is 17.4 Å². The Kier molecular flexibility index (Phi) is 4.35. The molecule has 122 valence electrons. The topological polar surface area (TPSA) is 84.4 Å². The van der Waals surface area contributed by atoms with Gasteiger partial charge in [0.1, 0.15) is 0 Å². The summed E-state index contributed by atoms with van der Waals surface area (Å²) < 4.78 is 2.26. The lowest BCUT2D eigenvalue weighted by Gasteiger charge is -2.27. The van der Waals surface area contributed by atoms with Gasteiger partial charge >= 0.3 is 11.1 Å². The van der Waals surface area contributed by atoms with Crippen LogP contribution in [0.5, 0.6) is 0 Å². The van der Waals surface area contributed by atoms with Crippen LogP contribution in [0.2, 0.25) is 0 Å². The first-order chi connectivity index (χ1) is 10.9. The summed E-state index contributed by atoms with van der Waals surface area (Å²) in [4.78, 5) is 44.8. The highest BCUT2D eigenvalue weighted by atomic mass is 79.9. The Labute approximate surface area is 143 Å². The predicted octanol–water partition coefficient (Wildman–Crippen LogP) is 1.51. The molecule has 1 unspecified atom stereocenters. The number of hydrogen-bond donors (Lipinski definition) is 1. The lowest BCUT2D eigenvalue weighted by atomic mass is 10.2. The van der Waals surface area contributed by atoms with Crippen molar-refractivity contribution >= 4 is 44.6 Å². The van der Waals surface area contributed by atoms with Crippen molar-refractivity contribution in [3.8, 4) is 0 Å². The molecule has 0 bridgehead atoms. The number of benzene rings is 1. The van der Waals surface area contributed by atoms with Gasteiger partial charge in [-0.25, -0.2) is 5.06 Å². The molecule has 1 aliphatic rings. The summed E-state index contributed by atoms with van der Waals surface area (Å²) in [6.45, 7) is 0. The maximum absolute atomic E-state index is 12.4. The fourth-order valence-electron chi connectivity index (χ4n) is 2.61. The van der Waals surface area contributed by atoms with Crippen LogP contribution in [0.1, 0.15) is 12.5 Å². The number of aromatic nitrogens is 2. The summed E-state index contributed by atoms with van der Waals surface area (Å²) in [5.74, 6) is 0.282. The third kappa shape index (κ3) is 2.84. The minimum Gasteiger partial charge on any atom is -0.316 e. The summed E-state index contributed by atoms with van der Waals surface area (Å²) in [7, 11) is 2.91. The number of aromatic amines is 1. The molecular formula is C14H14BrN3O4S. The van der Waals surface area contributed by atoms with Crippen LogP contribution in [0, 0.1) is 0 Å². The van der Waals surface area contributed by atoms with Gasteiger partial charge in [-0.1, -0.05) is 15.9 Å². The molecule has 2 aromatic rings. The highest BCUT2D eigenvalue weighted by Gasteiger charge is 2.28. The molecule has 0 aliphatic carbocycles. The SMILES string of the molecule is CON(C)C(=O)CC1CSc2cc(Br)cc3[nH]c(=O)c(=O)n1c23. The normalized spacial score (nSPS) is 16.6. The standard InChI is InChI=1S/C14H14BrN3O4S/c1-17(22-2)11(19)5-8-6-23-10-4-7(15)3-9-12(10)18(8)14(21)13(20)16-9/h3-4,8H,5-6H2,1-2H3,(H,16,20). The van der Waals surface area contributed by atoms with E-state index in [9.17, 15) is 14.4 Å². The van der Waals surface area contributed by atoms with Crippen molar-refractivity contribution in [3.05, 3.63) is 37.3 Å². The first-order valence-electron chi connectivity index (χ1n) is 6.84. The summed E-state index contributed by atoms with van der Waals surface area (Å²) in [6, 6.07) is 3.26. The third-order valence-corrected chi connectivity index (χ3v) is 5.41. The van der Waals surface area contributed by atoms with E-state index in [1.54, 1.807) is 17.8 Å². The second-order valence-electron chi connectivity index (χ2n) is 5.17. The van der Waals surface area contributed by atoms with E-state index in [0.717, 1.165) is 14.4 Å². The van der Waals surface area contributed by atoms with Crippen LogP contribution in [-0.2, 0) is 9.63 Å². The van der Waals surface area contributed by atoms with E-state index in [1.807, 2.05) is 6.07 Å². The van der Waals surface area contributed by atoms with Gasteiger partial charge in [0.2, 0.25) is 5.91 Å². The van der Waals surface area contributed by atoms with Crippen molar-refractivity contribution in [1.82, 2.24) is 14.6 Å². The Morgan fingerprint density at radius 3 is 2.96 bits per heavy atom. The zero-order chi connectivity index (χ0) is 16.7. The van der Waals surface area contributed by atoms with Crippen molar-refractivity contribution in [2.75, 3.05) is 19.9 Å². The number of carbonyl (C=O) groups is 1. The van der Waals surface area contributed by atoms with Gasteiger partial charge < -0.3 is 4.98 Å². The molecule has 1 N–H and O–H groups in total. The highest BCUT2D eigenvalue weighted by Crippen LogP contribution is 2.37. The number of rotatable bonds is 3. The molecule has 1 amide bonds. The second-order valence-corrected chi connectivity index (χ2v) is 7.15. The zero-order valence-corrected chi connectivity index (χ0v) is 14.9. The summed E-state index contributed by atoms with van der Waals surface area (Å²) in [5, 5.41) is 1.12. The summed E-state index contributed by atoms with van der Waals surface area (Å²) >= 11 is 4.96. The number of nitrogens with one attached hydrogen (secondary N) is 1. The number of nitrogens with zero attached hydrogens (tertiary/aromatic N) is 2. The van der Waals surface area contributed by atoms with Crippen LogP contribution in [0.25, 0.3) is 11.0 Å². The van der Waals surface area contributed by atoms with E-state index in [0.29, 0.717) is 16.8 Å². The fourth-order valence-corrected chi connectivity index (χ4v) is 4.41. The van der Waals surface area contributed by atoms with Gasteiger partial charge in [0.15, 0.2) is 0 Å². The van der Waals surface area contributed by atoms with Crippen LogP contribution in [0.4, 0.5) is 0 Å². The Morgan fingerprint density at radius 2 is 2.26 bits per heavy atom. The Bertz CT molecular complexity index is 907. The van der Waals surface area contributed by atoms with Gasteiger partial charge in [-0.2, -0.15) is 0 Å². The van der Waals surface area contributed by atoms with Crippen molar-refractivity contribution in [2.24, 2.45) is 0 Å². The lowest BCUT2D eigenvalue weighted by molar-refractivity contribution is -0.169. The van der Waals surface area contributed by atoms with E-state index < -0.39 is 17.2 Å². The molecule has 23 heavy (non-hydrogen) atoms. The highest BCUT2D eigenvalue weighted by molar-refractivity contribution is 9.10. The number of halogens is 1. The maximum atomic E-state index is 12.4. The largest absolute Gasteiger partial charge is 0.317 e. The van der Waals surface area contributed by atoms with E-state index >= 15 is 0 Å². The number of amides is 1. The average molecular weight is 400 g/mol. The van der Waals surface area contributed by atoms with Gasteiger partial charge in [0.05, 0.1) is 30.6 Å². The molecule has 7 nitrogen and oxygen atoms in total. The number of thioether (sulfide) groups is 1. The van der Waals surface area contributed by atoms with Gasteiger partial charge in [-0.3, -0.25) is 23.8 Å². The number of hydrogen-bond acceptors (Lipinski definition) is 5. The van der Waals surface area contributed by atoms with E-state index in [-0.39, 0.29) is 12.3 Å². The van der Waals surface area contributed by atoms with E-state index in [4.69, 9.17) is 4.84 Å². The number of hydroxylamine groups is 2. The van der Waals surface area contributed by atoms with Gasteiger partial charge in [-0.15, -0.1) is 11.8 Å². The monoisotopic (exact) mass is 399 g/mol. The van der Waals surface area contributed by atoms with Gasteiger partial charge in [0.25, 0.3) is 0 Å². The quantitative estimate of drug-likeness (QED) is 0.624. The average Bonchev–Trinajstić information content (AvgIpc) is 2.52. The van der Waals surface area contributed by atoms with Crippen molar-refractivity contribution in [3.63, 3.8) is 0 Å². The number of carbonyl (C=O) groups excluding carboxylic acids is 1. The lowest BCUT2D eigenvalue weighted by Crippen LogP contribution is -2.41. The molecule has 0 spiro atoms. The molecule has 3 rings (SSSR count). The van der Waals surface area contributed by atoms with Crippen LogP contribution < -0.4 is 11.1 Å². The van der Waals surface area contributed by atoms with Crippen LogP contribution in [-0.4, -0.2) is 40.4 Å². The minimum atomic E-state index is -0.689.